The van der Waals surface area contributed by atoms with E-state index >= 15 is 0 Å². The highest BCUT2D eigenvalue weighted by Crippen LogP contribution is 2.34. The van der Waals surface area contributed by atoms with Crippen molar-refractivity contribution in [2.75, 3.05) is 0 Å². The summed E-state index contributed by atoms with van der Waals surface area (Å²) in [5.41, 5.74) is 1.90. The Balaban J connectivity index is 0.000000621. The molecule has 0 unspecified atom stereocenters. The third-order valence-electron chi connectivity index (χ3n) is 2.42. The van der Waals surface area contributed by atoms with Crippen molar-refractivity contribution >= 4 is 18.6 Å². The van der Waals surface area contributed by atoms with Gasteiger partial charge < -0.3 is 17.3 Å². The first kappa shape index (κ1) is 19.4. The van der Waals surface area contributed by atoms with Gasteiger partial charge in [-0.1, -0.05) is 41.5 Å². The summed E-state index contributed by atoms with van der Waals surface area (Å²) >= 11 is 1.95. The summed E-state index contributed by atoms with van der Waals surface area (Å²) < 4.78 is 39.0. The topological polar surface area (TPSA) is 0 Å². The van der Waals surface area contributed by atoms with Crippen molar-refractivity contribution in [2.45, 2.75) is 59.3 Å². The van der Waals surface area contributed by atoms with Gasteiger partial charge in [-0.05, 0) is 12.5 Å². The van der Waals surface area contributed by atoms with Gasteiger partial charge >= 0.3 is 7.25 Å². The molecule has 0 amide bonds. The molecule has 0 spiro atoms. The van der Waals surface area contributed by atoms with Crippen molar-refractivity contribution in [1.82, 2.24) is 0 Å². The van der Waals surface area contributed by atoms with Gasteiger partial charge in [0.2, 0.25) is 21.1 Å². The highest BCUT2D eigenvalue weighted by molar-refractivity contribution is 7.12. The Labute approximate surface area is 123 Å². The van der Waals surface area contributed by atoms with E-state index in [0.29, 0.717) is 0 Å². The second-order valence-electron chi connectivity index (χ2n) is 6.86. The summed E-state index contributed by atoms with van der Waals surface area (Å²) in [6.45, 7) is 15.9. The zero-order valence-electron chi connectivity index (χ0n) is 13.2. The largest absolute Gasteiger partial charge is 0.673 e. The summed E-state index contributed by atoms with van der Waals surface area (Å²) in [7, 11) is -6.00. The van der Waals surface area contributed by atoms with Crippen LogP contribution in [-0.2, 0) is 10.8 Å². The highest BCUT2D eigenvalue weighted by Gasteiger charge is 2.31. The van der Waals surface area contributed by atoms with Gasteiger partial charge in [0.1, 0.15) is 0 Å². The van der Waals surface area contributed by atoms with Crippen LogP contribution in [0, 0.1) is 6.92 Å². The van der Waals surface area contributed by atoms with Crippen LogP contribution in [0.3, 0.4) is 0 Å². The molecule has 116 valence electrons. The molecule has 0 saturated heterocycles. The molecule has 20 heavy (non-hydrogen) atoms. The van der Waals surface area contributed by atoms with Gasteiger partial charge in [0.25, 0.3) is 0 Å². The maximum Gasteiger partial charge on any atom is 0.673 e. The first-order chi connectivity index (χ1) is 8.60. The Hall–Kier alpha value is -0.645. The van der Waals surface area contributed by atoms with Gasteiger partial charge in [-0.3, -0.25) is 0 Å². The molecule has 6 heteroatoms. The molecule has 0 saturated carbocycles. The van der Waals surface area contributed by atoms with Crippen molar-refractivity contribution in [3.8, 4) is 0 Å². The fraction of sp³-hybridized carbons (Fsp3) is 0.643. The lowest BCUT2D eigenvalue weighted by Gasteiger charge is -2.15. The Morgan fingerprint density at radius 3 is 1.25 bits per heavy atom. The molecule has 0 N–H and O–H groups in total. The first-order valence-corrected chi connectivity index (χ1v) is 7.25. The van der Waals surface area contributed by atoms with Crippen LogP contribution in [0.4, 0.5) is 17.3 Å². The van der Waals surface area contributed by atoms with Crippen molar-refractivity contribution in [3.05, 3.63) is 27.5 Å². The van der Waals surface area contributed by atoms with Crippen molar-refractivity contribution < 1.29 is 17.3 Å². The number of aryl methyl sites for hydroxylation is 1. The van der Waals surface area contributed by atoms with Crippen molar-refractivity contribution in [1.29, 1.82) is 0 Å². The minimum atomic E-state index is -6.00. The van der Waals surface area contributed by atoms with Crippen LogP contribution in [0.1, 0.15) is 56.9 Å². The molecule has 1 rings (SSSR count). The average Bonchev–Trinajstić information content (AvgIpc) is 2.10. The maximum absolute atomic E-state index is 9.75. The van der Waals surface area contributed by atoms with Crippen LogP contribution < -0.4 is 0 Å². The molecule has 1 aromatic heterocycles. The molecule has 1 heterocycles. The number of hydrogen-bond donors (Lipinski definition) is 0. The zero-order valence-corrected chi connectivity index (χ0v) is 14.0. The van der Waals surface area contributed by atoms with E-state index in [0.717, 1.165) is 0 Å². The van der Waals surface area contributed by atoms with E-state index in [4.69, 9.17) is 0 Å². The Kier molecular flexibility index (Phi) is 6.21. The van der Waals surface area contributed by atoms with E-state index in [-0.39, 0.29) is 10.8 Å². The highest BCUT2D eigenvalue weighted by atomic mass is 32.1. The fourth-order valence-corrected chi connectivity index (χ4v) is 2.71. The maximum atomic E-state index is 9.75. The van der Waals surface area contributed by atoms with Crippen LogP contribution in [0.25, 0.3) is 0 Å². The minimum Gasteiger partial charge on any atom is -0.418 e. The van der Waals surface area contributed by atoms with E-state index in [2.05, 4.69) is 60.6 Å². The molecular weight excluding hydrogens is 287 g/mol. The SMILES string of the molecule is Cc1cc(C(C)(C)C)[s+]c(C(C)(C)C)c1.F[B-](F)(F)F. The molecule has 1 aromatic rings. The molecule has 0 radical (unpaired) electrons. The lowest BCUT2D eigenvalue weighted by Crippen LogP contribution is -2.14. The molecule has 0 atom stereocenters. The van der Waals surface area contributed by atoms with Crippen LogP contribution in [0.5, 0.6) is 0 Å². The molecule has 0 nitrogen and oxygen atoms in total. The third-order valence-corrected chi connectivity index (χ3v) is 4.32. The van der Waals surface area contributed by atoms with Crippen molar-refractivity contribution in [3.63, 3.8) is 0 Å². The number of rotatable bonds is 0. The molecule has 0 aromatic carbocycles. The van der Waals surface area contributed by atoms with Crippen LogP contribution in [-0.4, -0.2) is 7.25 Å². The lowest BCUT2D eigenvalue weighted by atomic mass is 9.92. The molecule has 0 fully saturated rings. The van der Waals surface area contributed by atoms with Crippen LogP contribution >= 0.6 is 11.3 Å². The molecule has 0 bridgehead atoms. The summed E-state index contributed by atoms with van der Waals surface area (Å²) in [5.74, 6) is 0. The number of halogens is 4. The van der Waals surface area contributed by atoms with Gasteiger partial charge in [-0.25, -0.2) is 0 Å². The van der Waals surface area contributed by atoms with Gasteiger partial charge in [-0.2, -0.15) is 0 Å². The van der Waals surface area contributed by atoms with Gasteiger partial charge in [-0.15, -0.1) is 0 Å². The average molecular weight is 310 g/mol. The Bertz CT molecular complexity index is 404. The zero-order chi connectivity index (χ0) is 16.4. The van der Waals surface area contributed by atoms with Gasteiger partial charge in [0.15, 0.2) is 0 Å². The van der Waals surface area contributed by atoms with Crippen LogP contribution in [0.15, 0.2) is 12.1 Å². The van der Waals surface area contributed by atoms with E-state index in [1.165, 1.54) is 15.3 Å². The molecule has 0 aliphatic carbocycles. The van der Waals surface area contributed by atoms with E-state index in [1.54, 1.807) is 0 Å². The minimum absolute atomic E-state index is 0.261. The quantitative estimate of drug-likeness (QED) is 0.302. The fourth-order valence-electron chi connectivity index (χ4n) is 1.37. The summed E-state index contributed by atoms with van der Waals surface area (Å²) in [6, 6.07) is 4.64. The Morgan fingerprint density at radius 1 is 0.800 bits per heavy atom. The van der Waals surface area contributed by atoms with E-state index < -0.39 is 7.25 Å². The van der Waals surface area contributed by atoms with Crippen molar-refractivity contribution in [2.24, 2.45) is 0 Å². The predicted octanol–water partition coefficient (Wildman–Crippen LogP) is 6.23. The van der Waals surface area contributed by atoms with Gasteiger partial charge in [0.05, 0.1) is 0 Å². The summed E-state index contributed by atoms with van der Waals surface area (Å²) in [4.78, 5) is 2.96. The first-order valence-electron chi connectivity index (χ1n) is 6.44. The standard InChI is InChI=1S/C14H23S.BF4/c1-10-8-11(13(2,3)4)15-12(9-10)14(5,6)7;2-1(3,4)5/h8-9H,1-7H3;/q+1;-1. The predicted molar refractivity (Wildman–Crippen MR) is 81.0 cm³/mol. The monoisotopic (exact) mass is 310 g/mol. The second-order valence-corrected chi connectivity index (χ2v) is 7.94. The lowest BCUT2D eigenvalue weighted by molar-refractivity contribution is 0.368. The number of hydrogen-bond acceptors (Lipinski definition) is 0. The Morgan fingerprint density at radius 2 is 1.05 bits per heavy atom. The summed E-state index contributed by atoms with van der Waals surface area (Å²) in [6.07, 6.45) is 0. The molecule has 0 aliphatic rings. The van der Waals surface area contributed by atoms with Crippen LogP contribution in [0.2, 0.25) is 0 Å². The third kappa shape index (κ3) is 8.51. The molecular formula is C14H23BF4S. The van der Waals surface area contributed by atoms with Gasteiger partial charge in [0, 0.05) is 23.0 Å². The smallest absolute Gasteiger partial charge is 0.418 e. The second kappa shape index (κ2) is 6.42. The summed E-state index contributed by atoms with van der Waals surface area (Å²) in [5, 5.41) is 0. The normalized spacial score (nSPS) is 12.8. The molecule has 0 aliphatic heterocycles. The van der Waals surface area contributed by atoms with E-state index in [1.807, 2.05) is 11.3 Å². The van der Waals surface area contributed by atoms with E-state index in [9.17, 15) is 17.3 Å².